The Morgan fingerprint density at radius 1 is 1.64 bits per heavy atom. The molecule has 1 aliphatic rings. The van der Waals surface area contributed by atoms with Crippen LogP contribution in [-0.4, -0.2) is 0 Å². The molecule has 0 spiro atoms. The molecule has 0 aliphatic heterocycles. The molecule has 2 rings (SSSR count). The van der Waals surface area contributed by atoms with Crippen molar-refractivity contribution >= 4 is 38.9 Å². The van der Waals surface area contributed by atoms with E-state index in [2.05, 4.69) is 42.8 Å². The summed E-state index contributed by atoms with van der Waals surface area (Å²) in [6.45, 7) is 6.74. The highest BCUT2D eigenvalue weighted by atomic mass is 79.9. The summed E-state index contributed by atoms with van der Waals surface area (Å²) in [6.07, 6.45) is 1.26. The molecule has 0 bridgehead atoms. The smallest absolute Gasteiger partial charge is 0.0704 e. The first-order valence-corrected chi connectivity index (χ1v) is 6.86. The van der Waals surface area contributed by atoms with Crippen LogP contribution in [0.1, 0.15) is 36.1 Å². The van der Waals surface area contributed by atoms with Gasteiger partial charge in [-0.05, 0) is 52.2 Å². The molecule has 2 unspecified atom stereocenters. The summed E-state index contributed by atoms with van der Waals surface area (Å²) in [5.41, 5.74) is 1.77. The number of halogens is 2. The van der Waals surface area contributed by atoms with Gasteiger partial charge in [-0.2, -0.15) is 0 Å². The van der Waals surface area contributed by atoms with Crippen LogP contribution in [0.3, 0.4) is 0 Å². The largest absolute Gasteiger partial charge is 0.133 e. The van der Waals surface area contributed by atoms with Crippen molar-refractivity contribution in [3.8, 4) is 0 Å². The minimum Gasteiger partial charge on any atom is -0.133 e. The van der Waals surface area contributed by atoms with Crippen LogP contribution in [0.25, 0.3) is 0 Å². The second-order valence-electron chi connectivity index (χ2n) is 4.76. The highest BCUT2D eigenvalue weighted by molar-refractivity contribution is 9.11. The Bertz CT molecular complexity index is 356. The lowest BCUT2D eigenvalue weighted by Crippen LogP contribution is -1.99. The molecule has 0 amide bonds. The molecule has 1 aliphatic carbocycles. The van der Waals surface area contributed by atoms with E-state index in [-0.39, 0.29) is 5.38 Å². The van der Waals surface area contributed by atoms with E-state index in [4.69, 9.17) is 11.6 Å². The molecule has 0 nitrogen and oxygen atoms in total. The van der Waals surface area contributed by atoms with Crippen molar-refractivity contribution in [2.24, 2.45) is 11.3 Å². The lowest BCUT2D eigenvalue weighted by molar-refractivity contribution is 0.548. The van der Waals surface area contributed by atoms with Gasteiger partial charge in [0.15, 0.2) is 0 Å². The Balaban J connectivity index is 2.20. The van der Waals surface area contributed by atoms with Crippen molar-refractivity contribution in [3.63, 3.8) is 0 Å². The van der Waals surface area contributed by atoms with Gasteiger partial charge in [-0.25, -0.2) is 0 Å². The van der Waals surface area contributed by atoms with Gasteiger partial charge in [0.05, 0.1) is 9.16 Å². The Kier molecular flexibility index (Phi) is 2.74. The zero-order valence-corrected chi connectivity index (χ0v) is 11.8. The fourth-order valence-corrected chi connectivity index (χ4v) is 4.44. The average Bonchev–Trinajstić information content (AvgIpc) is 2.55. The van der Waals surface area contributed by atoms with Crippen molar-refractivity contribution in [1.29, 1.82) is 0 Å². The van der Waals surface area contributed by atoms with Crippen LogP contribution in [0.5, 0.6) is 0 Å². The van der Waals surface area contributed by atoms with Crippen molar-refractivity contribution < 1.29 is 0 Å². The van der Waals surface area contributed by atoms with E-state index in [1.807, 2.05) is 0 Å². The van der Waals surface area contributed by atoms with Gasteiger partial charge in [0, 0.05) is 4.88 Å². The van der Waals surface area contributed by atoms with Crippen LogP contribution in [-0.2, 0) is 0 Å². The monoisotopic (exact) mass is 292 g/mol. The molecule has 1 saturated carbocycles. The summed E-state index contributed by atoms with van der Waals surface area (Å²) in [4.78, 5) is 1.35. The van der Waals surface area contributed by atoms with Crippen molar-refractivity contribution in [2.45, 2.75) is 32.6 Å². The molecule has 1 heterocycles. The molecule has 14 heavy (non-hydrogen) atoms. The number of alkyl halides is 1. The van der Waals surface area contributed by atoms with Gasteiger partial charge < -0.3 is 0 Å². The predicted octanol–water partition coefficient (Wildman–Crippen LogP) is 5.15. The van der Waals surface area contributed by atoms with Crippen LogP contribution in [0, 0.1) is 18.3 Å². The summed E-state index contributed by atoms with van der Waals surface area (Å²) in [5.74, 6) is 0.657. The number of hydrogen-bond acceptors (Lipinski definition) is 1. The maximum atomic E-state index is 6.49. The highest BCUT2D eigenvalue weighted by Gasteiger charge is 2.50. The van der Waals surface area contributed by atoms with Gasteiger partial charge in [-0.1, -0.05) is 13.8 Å². The van der Waals surface area contributed by atoms with Gasteiger partial charge in [0.25, 0.3) is 0 Å². The number of aryl methyl sites for hydroxylation is 1. The fourth-order valence-electron chi connectivity index (χ4n) is 1.96. The molecule has 0 saturated heterocycles. The molecule has 78 valence electrons. The summed E-state index contributed by atoms with van der Waals surface area (Å²) in [6, 6.07) is 2.17. The van der Waals surface area contributed by atoms with Gasteiger partial charge in [-0.15, -0.1) is 22.9 Å². The normalized spacial score (nSPS) is 26.2. The van der Waals surface area contributed by atoms with E-state index in [9.17, 15) is 0 Å². The molecular formula is C11H14BrClS. The van der Waals surface area contributed by atoms with E-state index < -0.39 is 0 Å². The van der Waals surface area contributed by atoms with E-state index in [1.165, 1.54) is 20.6 Å². The third-order valence-electron chi connectivity index (χ3n) is 3.17. The molecule has 3 heteroatoms. The average molecular weight is 294 g/mol. The first-order valence-electron chi connectivity index (χ1n) is 4.82. The molecule has 0 radical (unpaired) electrons. The molecule has 1 aromatic heterocycles. The molecule has 2 atom stereocenters. The standard InChI is InChI=1S/C11H14BrClS/c1-6-7(4-9(12)14-6)10(13)8-5-11(8,2)3/h4,8,10H,5H2,1-3H3. The van der Waals surface area contributed by atoms with E-state index in [0.29, 0.717) is 11.3 Å². The summed E-state index contributed by atoms with van der Waals surface area (Å²) in [7, 11) is 0. The molecule has 1 aromatic rings. The third-order valence-corrected chi connectivity index (χ3v) is 5.27. The van der Waals surface area contributed by atoms with Crippen molar-refractivity contribution in [2.75, 3.05) is 0 Å². The SMILES string of the molecule is Cc1sc(Br)cc1C(Cl)C1CC1(C)C. The summed E-state index contributed by atoms with van der Waals surface area (Å²) < 4.78 is 1.19. The minimum absolute atomic E-state index is 0.201. The topological polar surface area (TPSA) is 0 Å². The van der Waals surface area contributed by atoms with Crippen molar-refractivity contribution in [1.82, 2.24) is 0 Å². The van der Waals surface area contributed by atoms with Gasteiger partial charge in [0.1, 0.15) is 0 Å². The fraction of sp³-hybridized carbons (Fsp3) is 0.636. The lowest BCUT2D eigenvalue weighted by atomic mass is 10.0. The van der Waals surface area contributed by atoms with Crippen LogP contribution < -0.4 is 0 Å². The Morgan fingerprint density at radius 2 is 2.21 bits per heavy atom. The number of thiophene rings is 1. The Labute approximate surface area is 103 Å². The molecule has 0 aromatic carbocycles. The second kappa shape index (κ2) is 3.50. The first kappa shape index (κ1) is 11.0. The number of rotatable bonds is 2. The van der Waals surface area contributed by atoms with Crippen LogP contribution in [0.2, 0.25) is 0 Å². The third kappa shape index (κ3) is 1.89. The maximum Gasteiger partial charge on any atom is 0.0704 e. The molecule has 0 N–H and O–H groups in total. The Morgan fingerprint density at radius 3 is 2.57 bits per heavy atom. The van der Waals surface area contributed by atoms with Gasteiger partial charge in [-0.3, -0.25) is 0 Å². The van der Waals surface area contributed by atoms with Crippen LogP contribution >= 0.6 is 38.9 Å². The van der Waals surface area contributed by atoms with E-state index in [0.717, 1.165) is 0 Å². The van der Waals surface area contributed by atoms with E-state index >= 15 is 0 Å². The van der Waals surface area contributed by atoms with Gasteiger partial charge in [0.2, 0.25) is 0 Å². The zero-order chi connectivity index (χ0) is 10.5. The zero-order valence-electron chi connectivity index (χ0n) is 8.60. The highest BCUT2D eigenvalue weighted by Crippen LogP contribution is 2.60. The van der Waals surface area contributed by atoms with Crippen molar-refractivity contribution in [3.05, 3.63) is 20.3 Å². The molecule has 1 fully saturated rings. The summed E-state index contributed by atoms with van der Waals surface area (Å²) in [5, 5.41) is 0.201. The Hall–Kier alpha value is 0.470. The quantitative estimate of drug-likeness (QED) is 0.662. The summed E-state index contributed by atoms with van der Waals surface area (Å²) >= 11 is 11.8. The lowest BCUT2D eigenvalue weighted by Gasteiger charge is -2.10. The van der Waals surface area contributed by atoms with E-state index in [1.54, 1.807) is 11.3 Å². The molecular weight excluding hydrogens is 280 g/mol. The number of hydrogen-bond donors (Lipinski definition) is 0. The maximum absolute atomic E-state index is 6.49. The first-order chi connectivity index (χ1) is 6.42. The predicted molar refractivity (Wildman–Crippen MR) is 67.2 cm³/mol. The second-order valence-corrected chi connectivity index (χ2v) is 7.87. The van der Waals surface area contributed by atoms with Gasteiger partial charge >= 0.3 is 0 Å². The van der Waals surface area contributed by atoms with Crippen LogP contribution in [0.15, 0.2) is 9.85 Å². The minimum atomic E-state index is 0.201. The van der Waals surface area contributed by atoms with Crippen LogP contribution in [0.4, 0.5) is 0 Å².